The van der Waals surface area contributed by atoms with Gasteiger partial charge in [0.1, 0.15) is 11.9 Å². The number of amides is 1. The van der Waals surface area contributed by atoms with E-state index in [4.69, 9.17) is 9.47 Å². The van der Waals surface area contributed by atoms with Crippen LogP contribution in [0.5, 0.6) is 5.75 Å². The maximum Gasteiger partial charge on any atom is 0.252 e. The Morgan fingerprint density at radius 3 is 2.03 bits per heavy atom. The molecule has 1 unspecified atom stereocenters. The molecule has 32 heavy (non-hydrogen) atoms. The van der Waals surface area contributed by atoms with Gasteiger partial charge in [0, 0.05) is 32.5 Å². The summed E-state index contributed by atoms with van der Waals surface area (Å²) in [4.78, 5) is 15.1. The van der Waals surface area contributed by atoms with Gasteiger partial charge in [-0.15, -0.1) is 0 Å². The van der Waals surface area contributed by atoms with Crippen LogP contribution < -0.4 is 4.74 Å². The number of hydrogen-bond donors (Lipinski definition) is 0. The Kier molecular flexibility index (Phi) is 9.33. The Morgan fingerprint density at radius 2 is 1.44 bits per heavy atom. The van der Waals surface area contributed by atoms with Crippen molar-refractivity contribution in [2.75, 3.05) is 19.8 Å². The summed E-state index contributed by atoms with van der Waals surface area (Å²) < 4.78 is 11.7. The van der Waals surface area contributed by atoms with Crippen molar-refractivity contribution in [1.29, 1.82) is 0 Å². The van der Waals surface area contributed by atoms with E-state index in [1.807, 2.05) is 91.5 Å². The summed E-state index contributed by atoms with van der Waals surface area (Å²) in [6, 6.07) is 28.4. The second kappa shape index (κ2) is 12.7. The van der Waals surface area contributed by atoms with Crippen molar-refractivity contribution in [3.8, 4) is 5.75 Å². The number of nitrogens with zero attached hydrogens (tertiary/aromatic N) is 1. The zero-order valence-corrected chi connectivity index (χ0v) is 19.1. The first-order valence-electron chi connectivity index (χ1n) is 11.4. The van der Waals surface area contributed by atoms with E-state index in [1.165, 1.54) is 5.56 Å². The molecule has 0 aliphatic heterocycles. The molecule has 0 spiro atoms. The predicted octanol–water partition coefficient (Wildman–Crippen LogP) is 5.30. The number of carbonyl (C=O) groups is 1. The molecule has 168 valence electrons. The lowest BCUT2D eigenvalue weighted by atomic mass is 10.1. The first kappa shape index (κ1) is 23.6. The van der Waals surface area contributed by atoms with Gasteiger partial charge in [-0.05, 0) is 42.7 Å². The zero-order chi connectivity index (χ0) is 22.6. The van der Waals surface area contributed by atoms with Crippen molar-refractivity contribution < 1.29 is 14.3 Å². The highest BCUT2D eigenvalue weighted by Gasteiger charge is 2.24. The lowest BCUT2D eigenvalue weighted by Crippen LogP contribution is -2.41. The lowest BCUT2D eigenvalue weighted by Gasteiger charge is -2.26. The Labute approximate surface area is 191 Å². The molecule has 3 rings (SSSR count). The zero-order valence-electron chi connectivity index (χ0n) is 19.1. The van der Waals surface area contributed by atoms with E-state index in [2.05, 4.69) is 12.1 Å². The van der Waals surface area contributed by atoms with E-state index in [0.717, 1.165) is 23.3 Å². The maximum atomic E-state index is 13.2. The monoisotopic (exact) mass is 431 g/mol. The van der Waals surface area contributed by atoms with Crippen LogP contribution in [0.3, 0.4) is 0 Å². The standard InChI is InChI=1S/C28H33NO3/c1-3-29(22-25-13-9-6-10-14-25)28(30)27(31-4-2)21-24-15-17-26(18-16-24)32-20-19-23-11-7-5-8-12-23/h5-18,27H,3-4,19-22H2,1-2H3. The quantitative estimate of drug-likeness (QED) is 0.390. The molecule has 0 aliphatic rings. The van der Waals surface area contributed by atoms with Gasteiger partial charge in [-0.3, -0.25) is 4.79 Å². The van der Waals surface area contributed by atoms with Crippen molar-refractivity contribution in [3.05, 3.63) is 102 Å². The molecule has 0 aliphatic carbocycles. The number of benzene rings is 3. The largest absolute Gasteiger partial charge is 0.493 e. The molecule has 0 saturated heterocycles. The van der Waals surface area contributed by atoms with Gasteiger partial charge in [0.15, 0.2) is 0 Å². The van der Waals surface area contributed by atoms with Gasteiger partial charge < -0.3 is 14.4 Å². The van der Waals surface area contributed by atoms with Crippen LogP contribution in [0.4, 0.5) is 0 Å². The van der Waals surface area contributed by atoms with Gasteiger partial charge in [0.05, 0.1) is 6.61 Å². The average Bonchev–Trinajstić information content (AvgIpc) is 2.84. The van der Waals surface area contributed by atoms with Crippen LogP contribution in [0.25, 0.3) is 0 Å². The molecule has 0 aromatic heterocycles. The first-order chi connectivity index (χ1) is 15.7. The third-order valence-electron chi connectivity index (χ3n) is 5.40. The first-order valence-corrected chi connectivity index (χ1v) is 11.4. The van der Waals surface area contributed by atoms with Gasteiger partial charge in [-0.1, -0.05) is 72.8 Å². The van der Waals surface area contributed by atoms with Crippen molar-refractivity contribution in [3.63, 3.8) is 0 Å². The fourth-order valence-electron chi connectivity index (χ4n) is 3.64. The number of ether oxygens (including phenoxy) is 2. The van der Waals surface area contributed by atoms with Crippen molar-refractivity contribution in [2.24, 2.45) is 0 Å². The number of carbonyl (C=O) groups excluding carboxylic acids is 1. The van der Waals surface area contributed by atoms with Gasteiger partial charge in [-0.25, -0.2) is 0 Å². The summed E-state index contributed by atoms with van der Waals surface area (Å²) in [6.07, 6.45) is 0.925. The Bertz CT molecular complexity index is 926. The fraction of sp³-hybridized carbons (Fsp3) is 0.321. The molecule has 4 heteroatoms. The summed E-state index contributed by atoms with van der Waals surface area (Å²) in [5.41, 5.74) is 3.44. The summed E-state index contributed by atoms with van der Waals surface area (Å²) in [7, 11) is 0. The number of likely N-dealkylation sites (N-methyl/N-ethyl adjacent to an activating group) is 1. The van der Waals surface area contributed by atoms with Crippen molar-refractivity contribution >= 4 is 5.91 Å². The molecular formula is C28H33NO3. The smallest absolute Gasteiger partial charge is 0.252 e. The van der Waals surface area contributed by atoms with Crippen molar-refractivity contribution in [1.82, 2.24) is 4.90 Å². The number of hydrogen-bond acceptors (Lipinski definition) is 3. The maximum absolute atomic E-state index is 13.2. The minimum absolute atomic E-state index is 0.0291. The van der Waals surface area contributed by atoms with Gasteiger partial charge in [0.2, 0.25) is 0 Å². The molecule has 0 radical (unpaired) electrons. The van der Waals surface area contributed by atoms with Crippen LogP contribution in [0.15, 0.2) is 84.9 Å². The van der Waals surface area contributed by atoms with E-state index in [-0.39, 0.29) is 5.91 Å². The summed E-state index contributed by atoms with van der Waals surface area (Å²) in [5.74, 6) is 0.865. The third-order valence-corrected chi connectivity index (χ3v) is 5.40. The summed E-state index contributed by atoms with van der Waals surface area (Å²) in [5, 5.41) is 0. The van der Waals surface area contributed by atoms with Crippen LogP contribution in [0.2, 0.25) is 0 Å². The lowest BCUT2D eigenvalue weighted by molar-refractivity contribution is -0.143. The second-order valence-electron chi connectivity index (χ2n) is 7.71. The SMILES string of the molecule is CCOC(Cc1ccc(OCCc2ccccc2)cc1)C(=O)N(CC)Cc1ccccc1. The number of rotatable bonds is 12. The molecule has 4 nitrogen and oxygen atoms in total. The highest BCUT2D eigenvalue weighted by atomic mass is 16.5. The second-order valence-corrected chi connectivity index (χ2v) is 7.71. The molecule has 0 heterocycles. The van der Waals surface area contributed by atoms with Crippen LogP contribution >= 0.6 is 0 Å². The molecule has 0 saturated carbocycles. The molecule has 0 bridgehead atoms. The van der Waals surface area contributed by atoms with Crippen LogP contribution in [-0.2, 0) is 28.9 Å². The normalized spacial score (nSPS) is 11.7. The molecule has 3 aromatic carbocycles. The highest BCUT2D eigenvalue weighted by Crippen LogP contribution is 2.17. The minimum Gasteiger partial charge on any atom is -0.493 e. The molecule has 0 N–H and O–H groups in total. The molecule has 0 fully saturated rings. The molecule has 1 atom stereocenters. The van der Waals surface area contributed by atoms with Crippen LogP contribution in [0, 0.1) is 0 Å². The highest BCUT2D eigenvalue weighted by molar-refractivity contribution is 5.81. The minimum atomic E-state index is -0.492. The topological polar surface area (TPSA) is 38.8 Å². The Hall–Kier alpha value is -3.11. The van der Waals surface area contributed by atoms with Gasteiger partial charge >= 0.3 is 0 Å². The summed E-state index contributed by atoms with van der Waals surface area (Å²) in [6.45, 7) is 6.30. The predicted molar refractivity (Wildman–Crippen MR) is 129 cm³/mol. The van der Waals surface area contributed by atoms with Gasteiger partial charge in [0.25, 0.3) is 5.91 Å². The third kappa shape index (κ3) is 7.24. The van der Waals surface area contributed by atoms with Crippen LogP contribution in [0.1, 0.15) is 30.5 Å². The molecule has 1 amide bonds. The van der Waals surface area contributed by atoms with Gasteiger partial charge in [-0.2, -0.15) is 0 Å². The Balaban J connectivity index is 1.56. The molecule has 3 aromatic rings. The van der Waals surface area contributed by atoms with E-state index in [9.17, 15) is 4.79 Å². The van der Waals surface area contributed by atoms with E-state index in [1.54, 1.807) is 0 Å². The average molecular weight is 432 g/mol. The van der Waals surface area contributed by atoms with Crippen LogP contribution in [-0.4, -0.2) is 36.7 Å². The van der Waals surface area contributed by atoms with E-state index in [0.29, 0.717) is 32.7 Å². The summed E-state index contributed by atoms with van der Waals surface area (Å²) >= 11 is 0. The van der Waals surface area contributed by atoms with Crippen molar-refractivity contribution in [2.45, 2.75) is 39.3 Å². The van der Waals surface area contributed by atoms with E-state index < -0.39 is 6.10 Å². The fourth-order valence-corrected chi connectivity index (χ4v) is 3.64. The molecular weight excluding hydrogens is 398 g/mol. The Morgan fingerprint density at radius 1 is 0.812 bits per heavy atom. The van der Waals surface area contributed by atoms with E-state index >= 15 is 0 Å².